The standard InChI is InChI=1S/C29H53NO5SSi2/c1-22(2)30-36(32,33)27-18-17-24(23(3)35-38(12,13)29(7,8)9)20-26(27)25(16-14-15-19-31)21-34-37(10,11)28(4,5)6/h14-15,17-20,22-23,25,30H,16,21H2,1-13H3/b15-14+/t23-,25+/m0/s1. The number of sulfonamides is 1. The predicted octanol–water partition coefficient (Wildman–Crippen LogP) is 7.71. The number of benzene rings is 1. The van der Waals surface area contributed by atoms with Crippen molar-refractivity contribution in [2.75, 3.05) is 6.61 Å². The molecule has 218 valence electrons. The minimum absolute atomic E-state index is 0.0116. The van der Waals surface area contributed by atoms with Crippen molar-refractivity contribution in [3.63, 3.8) is 0 Å². The van der Waals surface area contributed by atoms with E-state index in [4.69, 9.17) is 8.85 Å². The predicted molar refractivity (Wildman–Crippen MR) is 164 cm³/mol. The van der Waals surface area contributed by atoms with Gasteiger partial charge in [-0.1, -0.05) is 59.8 Å². The highest BCUT2D eigenvalue weighted by molar-refractivity contribution is 7.89. The SMILES string of the molecule is CC(C)NS(=O)(=O)c1ccc([C@H](C)O[Si](C)(C)C(C)(C)C)cc1[C@H](C/C=C/C=O)CO[Si](C)(C)C(C)(C)C. The van der Waals surface area contributed by atoms with Crippen LogP contribution in [0.25, 0.3) is 0 Å². The molecule has 0 radical (unpaired) electrons. The molecule has 0 unspecified atom stereocenters. The van der Waals surface area contributed by atoms with E-state index in [9.17, 15) is 13.2 Å². The Balaban J connectivity index is 3.70. The molecular formula is C29H53NO5SSi2. The van der Waals surface area contributed by atoms with Crippen molar-refractivity contribution in [1.29, 1.82) is 0 Å². The van der Waals surface area contributed by atoms with Crippen LogP contribution in [0.1, 0.15) is 91.9 Å². The lowest BCUT2D eigenvalue weighted by molar-refractivity contribution is -0.104. The zero-order valence-electron chi connectivity index (χ0n) is 26.1. The van der Waals surface area contributed by atoms with Crippen LogP contribution in [0.5, 0.6) is 0 Å². The summed E-state index contributed by atoms with van der Waals surface area (Å²) in [6, 6.07) is 5.29. The first-order valence-electron chi connectivity index (χ1n) is 13.6. The monoisotopic (exact) mass is 583 g/mol. The number of nitrogens with one attached hydrogen (secondary N) is 1. The van der Waals surface area contributed by atoms with E-state index in [1.54, 1.807) is 12.1 Å². The van der Waals surface area contributed by atoms with E-state index in [1.807, 2.05) is 32.9 Å². The van der Waals surface area contributed by atoms with Crippen LogP contribution in [0.15, 0.2) is 35.2 Å². The van der Waals surface area contributed by atoms with E-state index in [2.05, 4.69) is 72.5 Å². The van der Waals surface area contributed by atoms with Gasteiger partial charge < -0.3 is 8.85 Å². The van der Waals surface area contributed by atoms with Crippen molar-refractivity contribution in [2.45, 2.75) is 128 Å². The van der Waals surface area contributed by atoms with E-state index in [-0.39, 0.29) is 33.0 Å². The highest BCUT2D eigenvalue weighted by Gasteiger charge is 2.40. The average Bonchev–Trinajstić information content (AvgIpc) is 2.73. The number of aldehydes is 1. The molecule has 1 rings (SSSR count). The quantitative estimate of drug-likeness (QED) is 0.146. The molecule has 6 nitrogen and oxygen atoms in total. The van der Waals surface area contributed by atoms with Gasteiger partial charge in [0, 0.05) is 18.6 Å². The molecule has 1 N–H and O–H groups in total. The molecule has 0 bridgehead atoms. The third kappa shape index (κ3) is 9.52. The second-order valence-corrected chi connectivity index (χ2v) is 24.9. The van der Waals surface area contributed by atoms with Gasteiger partial charge in [0.1, 0.15) is 6.29 Å². The molecule has 1 aromatic rings. The Morgan fingerprint density at radius 3 is 1.97 bits per heavy atom. The summed E-state index contributed by atoms with van der Waals surface area (Å²) in [6.07, 6.45) is 4.29. The minimum Gasteiger partial charge on any atom is -0.416 e. The van der Waals surface area contributed by atoms with E-state index >= 15 is 0 Å². The van der Waals surface area contributed by atoms with Crippen molar-refractivity contribution >= 4 is 32.9 Å². The van der Waals surface area contributed by atoms with Crippen LogP contribution in [0.4, 0.5) is 0 Å². The number of hydrogen-bond donors (Lipinski definition) is 1. The summed E-state index contributed by atoms with van der Waals surface area (Å²) in [5.41, 5.74) is 1.63. The van der Waals surface area contributed by atoms with E-state index < -0.39 is 26.7 Å². The van der Waals surface area contributed by atoms with Crippen molar-refractivity contribution in [1.82, 2.24) is 4.72 Å². The van der Waals surface area contributed by atoms with Gasteiger partial charge in [0.25, 0.3) is 0 Å². The van der Waals surface area contributed by atoms with Crippen LogP contribution >= 0.6 is 0 Å². The normalized spacial score (nSPS) is 15.7. The lowest BCUT2D eigenvalue weighted by atomic mass is 9.93. The Morgan fingerprint density at radius 2 is 1.50 bits per heavy atom. The lowest BCUT2D eigenvalue weighted by Gasteiger charge is -2.39. The molecule has 1 aromatic carbocycles. The van der Waals surface area contributed by atoms with E-state index in [1.165, 1.54) is 6.08 Å². The molecule has 0 aliphatic rings. The van der Waals surface area contributed by atoms with Crippen LogP contribution in [-0.4, -0.2) is 44.0 Å². The van der Waals surface area contributed by atoms with Gasteiger partial charge in [-0.05, 0) is 86.7 Å². The Hall–Kier alpha value is -1.11. The second kappa shape index (κ2) is 13.0. The molecule has 0 fully saturated rings. The van der Waals surface area contributed by atoms with E-state index in [0.717, 1.165) is 11.8 Å². The number of allylic oxidation sites excluding steroid dienone is 2. The molecule has 0 heterocycles. The Kier molecular flexibility index (Phi) is 12.0. The maximum atomic E-state index is 13.5. The van der Waals surface area contributed by atoms with Gasteiger partial charge in [-0.2, -0.15) is 0 Å². The fourth-order valence-electron chi connectivity index (χ4n) is 3.55. The summed E-state index contributed by atoms with van der Waals surface area (Å²) in [7, 11) is -7.93. The molecule has 0 aliphatic heterocycles. The third-order valence-electron chi connectivity index (χ3n) is 7.99. The van der Waals surface area contributed by atoms with Crippen molar-refractivity contribution in [3.05, 3.63) is 41.5 Å². The average molecular weight is 584 g/mol. The number of rotatable bonds is 13. The first kappa shape index (κ1) is 34.9. The zero-order chi connectivity index (χ0) is 29.7. The molecule has 0 saturated heterocycles. The van der Waals surface area contributed by atoms with Crippen LogP contribution in [0.2, 0.25) is 36.3 Å². The molecule has 9 heteroatoms. The lowest BCUT2D eigenvalue weighted by Crippen LogP contribution is -2.42. The maximum Gasteiger partial charge on any atom is 0.241 e. The molecule has 38 heavy (non-hydrogen) atoms. The van der Waals surface area contributed by atoms with Gasteiger partial charge in [-0.15, -0.1) is 0 Å². The van der Waals surface area contributed by atoms with Gasteiger partial charge in [0.2, 0.25) is 10.0 Å². The largest absolute Gasteiger partial charge is 0.416 e. The summed E-state index contributed by atoms with van der Waals surface area (Å²) in [6.45, 7) is 28.0. The molecule has 0 aliphatic carbocycles. The van der Waals surface area contributed by atoms with Gasteiger partial charge in [-0.25, -0.2) is 13.1 Å². The Labute approximate surface area is 235 Å². The second-order valence-electron chi connectivity index (χ2n) is 13.7. The van der Waals surface area contributed by atoms with E-state index in [0.29, 0.717) is 18.6 Å². The summed E-state index contributed by atoms with van der Waals surface area (Å²) in [4.78, 5) is 11.3. The van der Waals surface area contributed by atoms with Gasteiger partial charge in [0.05, 0.1) is 11.0 Å². The fraction of sp³-hybridized carbons (Fsp3) is 0.690. The van der Waals surface area contributed by atoms with Crippen LogP contribution in [0, 0.1) is 0 Å². The van der Waals surface area contributed by atoms with Gasteiger partial charge in [-0.3, -0.25) is 4.79 Å². The van der Waals surface area contributed by atoms with Crippen molar-refractivity contribution in [2.24, 2.45) is 0 Å². The number of carbonyl (C=O) groups is 1. The number of hydrogen-bond acceptors (Lipinski definition) is 5. The van der Waals surface area contributed by atoms with Crippen molar-refractivity contribution in [3.8, 4) is 0 Å². The van der Waals surface area contributed by atoms with Crippen LogP contribution in [-0.2, 0) is 23.7 Å². The highest BCUT2D eigenvalue weighted by atomic mass is 32.2. The Bertz CT molecular complexity index is 1070. The molecule has 0 saturated carbocycles. The highest BCUT2D eigenvalue weighted by Crippen LogP contribution is 2.41. The molecule has 0 spiro atoms. The maximum absolute atomic E-state index is 13.5. The topological polar surface area (TPSA) is 81.7 Å². The molecule has 0 aromatic heterocycles. The van der Waals surface area contributed by atoms with Gasteiger partial charge >= 0.3 is 0 Å². The smallest absolute Gasteiger partial charge is 0.241 e. The van der Waals surface area contributed by atoms with Crippen LogP contribution < -0.4 is 4.72 Å². The zero-order valence-corrected chi connectivity index (χ0v) is 28.9. The fourth-order valence-corrected chi connectivity index (χ4v) is 7.51. The third-order valence-corrected chi connectivity index (χ3v) is 18.8. The van der Waals surface area contributed by atoms with Crippen LogP contribution in [0.3, 0.4) is 0 Å². The first-order chi connectivity index (χ1) is 17.1. The summed E-state index contributed by atoms with van der Waals surface area (Å²) >= 11 is 0. The summed E-state index contributed by atoms with van der Waals surface area (Å²) < 4.78 is 42.9. The van der Waals surface area contributed by atoms with Crippen molar-refractivity contribution < 1.29 is 22.1 Å². The summed E-state index contributed by atoms with van der Waals surface area (Å²) in [5, 5.41) is 0.0609. The number of carbonyl (C=O) groups excluding carboxylic acids is 1. The molecular weight excluding hydrogens is 531 g/mol. The molecule has 2 atom stereocenters. The summed E-state index contributed by atoms with van der Waals surface area (Å²) in [5.74, 6) is -0.251. The Morgan fingerprint density at radius 1 is 0.947 bits per heavy atom. The first-order valence-corrected chi connectivity index (χ1v) is 20.9. The minimum atomic E-state index is -3.77. The molecule has 0 amide bonds. The van der Waals surface area contributed by atoms with Gasteiger partial charge in [0.15, 0.2) is 16.6 Å².